The lowest BCUT2D eigenvalue weighted by Crippen LogP contribution is -2.22. The third kappa shape index (κ3) is 4.74. The molecule has 3 aromatic rings. The van der Waals surface area contributed by atoms with E-state index in [1.54, 1.807) is 0 Å². The molecular weight excluding hydrogens is 378 g/mol. The number of rotatable bonds is 6. The molecule has 2 heterocycles. The van der Waals surface area contributed by atoms with Gasteiger partial charge in [-0.25, -0.2) is 8.42 Å². The molecule has 1 aliphatic heterocycles. The van der Waals surface area contributed by atoms with Gasteiger partial charge >= 0.3 is 0 Å². The van der Waals surface area contributed by atoms with Crippen molar-refractivity contribution < 1.29 is 13.2 Å². The molecule has 4 rings (SSSR count). The van der Waals surface area contributed by atoms with Crippen molar-refractivity contribution in [2.45, 2.75) is 12.5 Å². The first-order valence-electron chi connectivity index (χ1n) is 8.82. The Hall–Kier alpha value is -3.20. The van der Waals surface area contributed by atoms with Crippen molar-refractivity contribution in [3.05, 3.63) is 60.8 Å². The van der Waals surface area contributed by atoms with Crippen molar-refractivity contribution in [2.75, 3.05) is 22.1 Å². The van der Waals surface area contributed by atoms with Gasteiger partial charge in [0.25, 0.3) is 0 Å². The largest absolute Gasteiger partial charge is 0.457 e. The fourth-order valence-electron chi connectivity index (χ4n) is 2.90. The second-order valence-electron chi connectivity index (χ2n) is 6.47. The predicted octanol–water partition coefficient (Wildman–Crippen LogP) is 3.01. The number of ether oxygens (including phenoxy) is 1. The Morgan fingerprint density at radius 1 is 1.00 bits per heavy atom. The number of hydrogen-bond acceptors (Lipinski definition) is 8. The highest BCUT2D eigenvalue weighted by Crippen LogP contribution is 2.24. The van der Waals surface area contributed by atoms with E-state index >= 15 is 0 Å². The SMILES string of the molecule is O=S1(=O)CCC(Nc2nncc(Nc3ccc(Oc4ccccc4)cc3)n2)C1. The van der Waals surface area contributed by atoms with Gasteiger partial charge in [-0.05, 0) is 42.8 Å². The highest BCUT2D eigenvalue weighted by molar-refractivity contribution is 7.91. The first kappa shape index (κ1) is 18.2. The minimum absolute atomic E-state index is 0.0941. The van der Waals surface area contributed by atoms with Crippen LogP contribution >= 0.6 is 0 Å². The van der Waals surface area contributed by atoms with E-state index in [1.807, 2.05) is 54.6 Å². The zero-order chi connectivity index (χ0) is 19.4. The van der Waals surface area contributed by atoms with Gasteiger partial charge in [0.1, 0.15) is 11.5 Å². The molecule has 0 amide bonds. The quantitative estimate of drug-likeness (QED) is 0.654. The van der Waals surface area contributed by atoms with E-state index in [-0.39, 0.29) is 17.5 Å². The summed E-state index contributed by atoms with van der Waals surface area (Å²) in [6.07, 6.45) is 2.05. The van der Waals surface area contributed by atoms with E-state index in [0.717, 1.165) is 17.2 Å². The summed E-state index contributed by atoms with van der Waals surface area (Å²) in [5.41, 5.74) is 0.815. The average molecular weight is 397 g/mol. The Kier molecular flexibility index (Phi) is 5.07. The maximum Gasteiger partial charge on any atom is 0.244 e. The van der Waals surface area contributed by atoms with E-state index in [9.17, 15) is 8.42 Å². The number of benzene rings is 2. The smallest absolute Gasteiger partial charge is 0.244 e. The zero-order valence-corrected chi connectivity index (χ0v) is 15.8. The molecule has 1 aliphatic rings. The number of aromatic nitrogens is 3. The van der Waals surface area contributed by atoms with Gasteiger partial charge in [0.2, 0.25) is 5.95 Å². The molecule has 2 N–H and O–H groups in total. The maximum absolute atomic E-state index is 11.6. The molecule has 1 atom stereocenters. The van der Waals surface area contributed by atoms with E-state index in [4.69, 9.17) is 4.74 Å². The lowest BCUT2D eigenvalue weighted by molar-refractivity contribution is 0.483. The van der Waals surface area contributed by atoms with Crippen LogP contribution in [0.15, 0.2) is 60.8 Å². The molecule has 0 spiro atoms. The van der Waals surface area contributed by atoms with Crippen molar-refractivity contribution in [3.8, 4) is 11.5 Å². The number of para-hydroxylation sites is 1. The molecule has 1 saturated heterocycles. The van der Waals surface area contributed by atoms with Gasteiger partial charge in [-0.2, -0.15) is 10.1 Å². The summed E-state index contributed by atoms with van der Waals surface area (Å²) in [6.45, 7) is 0. The third-order valence-corrected chi connectivity index (χ3v) is 6.00. The Bertz CT molecular complexity index is 1040. The summed E-state index contributed by atoms with van der Waals surface area (Å²) in [4.78, 5) is 4.35. The highest BCUT2D eigenvalue weighted by atomic mass is 32.2. The van der Waals surface area contributed by atoms with Crippen LogP contribution in [0.25, 0.3) is 0 Å². The average Bonchev–Trinajstić information content (AvgIpc) is 3.03. The summed E-state index contributed by atoms with van der Waals surface area (Å²) in [5.74, 6) is 2.59. The van der Waals surface area contributed by atoms with Crippen molar-refractivity contribution in [2.24, 2.45) is 0 Å². The molecule has 2 aromatic carbocycles. The lowest BCUT2D eigenvalue weighted by Gasteiger charge is -2.11. The molecule has 8 nitrogen and oxygen atoms in total. The molecule has 144 valence electrons. The highest BCUT2D eigenvalue weighted by Gasteiger charge is 2.28. The van der Waals surface area contributed by atoms with Crippen LogP contribution < -0.4 is 15.4 Å². The molecule has 28 heavy (non-hydrogen) atoms. The molecule has 0 aliphatic carbocycles. The van der Waals surface area contributed by atoms with E-state index in [1.165, 1.54) is 6.20 Å². The van der Waals surface area contributed by atoms with Gasteiger partial charge in [-0.1, -0.05) is 18.2 Å². The number of sulfone groups is 1. The minimum atomic E-state index is -2.97. The van der Waals surface area contributed by atoms with Crippen molar-refractivity contribution in [3.63, 3.8) is 0 Å². The van der Waals surface area contributed by atoms with Crippen molar-refractivity contribution in [1.29, 1.82) is 0 Å². The standard InChI is InChI=1S/C19H19N5O3S/c25-28(26)11-10-15(13-28)22-19-23-18(12-20-24-19)21-14-6-8-17(9-7-14)27-16-4-2-1-3-5-16/h1-9,12,15H,10-11,13H2,(H2,21,22,23,24). The Morgan fingerprint density at radius 2 is 1.75 bits per heavy atom. The van der Waals surface area contributed by atoms with Crippen LogP contribution in [-0.2, 0) is 9.84 Å². The third-order valence-electron chi connectivity index (χ3n) is 4.23. The minimum Gasteiger partial charge on any atom is -0.457 e. The Morgan fingerprint density at radius 3 is 2.46 bits per heavy atom. The lowest BCUT2D eigenvalue weighted by atomic mass is 10.3. The van der Waals surface area contributed by atoms with E-state index in [0.29, 0.717) is 18.2 Å². The second-order valence-corrected chi connectivity index (χ2v) is 8.70. The first-order valence-corrected chi connectivity index (χ1v) is 10.6. The summed E-state index contributed by atoms with van der Waals surface area (Å²) in [7, 11) is -2.97. The van der Waals surface area contributed by atoms with Crippen molar-refractivity contribution >= 4 is 27.3 Å². The normalized spacial score (nSPS) is 17.8. The van der Waals surface area contributed by atoms with Gasteiger partial charge in [0.05, 0.1) is 17.7 Å². The van der Waals surface area contributed by atoms with Gasteiger partial charge < -0.3 is 15.4 Å². The number of nitrogens with zero attached hydrogens (tertiary/aromatic N) is 3. The molecular formula is C19H19N5O3S. The van der Waals surface area contributed by atoms with Crippen LogP contribution in [0, 0.1) is 0 Å². The topological polar surface area (TPSA) is 106 Å². The van der Waals surface area contributed by atoms with Crippen LogP contribution in [0.1, 0.15) is 6.42 Å². The molecule has 1 unspecified atom stereocenters. The van der Waals surface area contributed by atoms with Gasteiger partial charge in [0, 0.05) is 11.7 Å². The summed E-state index contributed by atoms with van der Waals surface area (Å²) < 4.78 is 28.9. The molecule has 1 aromatic heterocycles. The fraction of sp³-hybridized carbons (Fsp3) is 0.211. The van der Waals surface area contributed by atoms with Gasteiger partial charge in [-0.15, -0.1) is 5.10 Å². The second kappa shape index (κ2) is 7.81. The van der Waals surface area contributed by atoms with E-state index in [2.05, 4.69) is 25.8 Å². The Labute approximate surface area is 162 Å². The monoisotopic (exact) mass is 397 g/mol. The maximum atomic E-state index is 11.6. The number of nitrogens with one attached hydrogen (secondary N) is 2. The van der Waals surface area contributed by atoms with Crippen LogP contribution in [-0.4, -0.2) is 41.1 Å². The zero-order valence-electron chi connectivity index (χ0n) is 14.9. The van der Waals surface area contributed by atoms with E-state index < -0.39 is 9.84 Å². The molecule has 0 bridgehead atoms. The summed E-state index contributed by atoms with van der Waals surface area (Å²) in [5, 5.41) is 14.0. The number of hydrogen-bond donors (Lipinski definition) is 2. The molecule has 0 saturated carbocycles. The van der Waals surface area contributed by atoms with Gasteiger partial charge in [0.15, 0.2) is 15.7 Å². The van der Waals surface area contributed by atoms with Gasteiger partial charge in [-0.3, -0.25) is 0 Å². The van der Waals surface area contributed by atoms with Crippen LogP contribution in [0.4, 0.5) is 17.5 Å². The van der Waals surface area contributed by atoms with Crippen LogP contribution in [0.2, 0.25) is 0 Å². The fourth-order valence-corrected chi connectivity index (χ4v) is 4.57. The molecule has 0 radical (unpaired) electrons. The summed E-state index contributed by atoms with van der Waals surface area (Å²) in [6, 6.07) is 16.8. The number of anilines is 3. The molecule has 1 fully saturated rings. The summed E-state index contributed by atoms with van der Waals surface area (Å²) >= 11 is 0. The Balaban J connectivity index is 1.39. The van der Waals surface area contributed by atoms with Crippen LogP contribution in [0.5, 0.6) is 11.5 Å². The van der Waals surface area contributed by atoms with Crippen LogP contribution in [0.3, 0.4) is 0 Å². The first-order chi connectivity index (χ1) is 13.6. The molecule has 9 heteroatoms. The predicted molar refractivity (Wildman–Crippen MR) is 107 cm³/mol. The van der Waals surface area contributed by atoms with Crippen molar-refractivity contribution in [1.82, 2.24) is 15.2 Å².